The Kier molecular flexibility index (Phi) is 3.92. The quantitative estimate of drug-likeness (QED) is 0.797. The van der Waals surface area contributed by atoms with Crippen molar-refractivity contribution in [3.05, 3.63) is 60.3 Å². The molecule has 0 atom stereocenters. The first-order chi connectivity index (χ1) is 11.0. The van der Waals surface area contributed by atoms with Gasteiger partial charge in [0.1, 0.15) is 5.75 Å². The molecule has 0 amide bonds. The highest BCUT2D eigenvalue weighted by Gasteiger charge is 2.17. The Bertz CT molecular complexity index is 968. The molecule has 118 valence electrons. The van der Waals surface area contributed by atoms with Gasteiger partial charge >= 0.3 is 0 Å². The number of nitrogens with zero attached hydrogens (tertiary/aromatic N) is 1. The van der Waals surface area contributed by atoms with E-state index in [-0.39, 0.29) is 4.90 Å². The summed E-state index contributed by atoms with van der Waals surface area (Å²) in [4.78, 5) is 4.48. The van der Waals surface area contributed by atoms with Crippen LogP contribution < -0.4 is 9.46 Å². The fourth-order valence-electron chi connectivity index (χ4n) is 2.39. The van der Waals surface area contributed by atoms with Crippen LogP contribution in [0.4, 0.5) is 5.69 Å². The first-order valence-electron chi connectivity index (χ1n) is 7.02. The van der Waals surface area contributed by atoms with Crippen LogP contribution in [0.5, 0.6) is 5.75 Å². The fraction of sp³-hybridized carbons (Fsp3) is 0.118. The van der Waals surface area contributed by atoms with Crippen molar-refractivity contribution in [3.8, 4) is 5.75 Å². The van der Waals surface area contributed by atoms with Gasteiger partial charge in [-0.3, -0.25) is 9.71 Å². The Hall–Kier alpha value is -2.60. The van der Waals surface area contributed by atoms with Crippen molar-refractivity contribution >= 4 is 26.6 Å². The monoisotopic (exact) mass is 328 g/mol. The lowest BCUT2D eigenvalue weighted by Gasteiger charge is -2.11. The van der Waals surface area contributed by atoms with E-state index in [1.165, 1.54) is 12.3 Å². The molecule has 1 N–H and O–H groups in total. The molecule has 0 saturated heterocycles. The van der Waals surface area contributed by atoms with E-state index in [0.29, 0.717) is 17.0 Å². The minimum atomic E-state index is -3.68. The van der Waals surface area contributed by atoms with E-state index < -0.39 is 10.0 Å². The molecule has 0 aliphatic carbocycles. The summed E-state index contributed by atoms with van der Waals surface area (Å²) in [5.74, 6) is 0.619. The van der Waals surface area contributed by atoms with Crippen molar-refractivity contribution < 1.29 is 13.2 Å². The molecule has 0 unspecified atom stereocenters. The molecule has 0 fully saturated rings. The van der Waals surface area contributed by atoms with Crippen molar-refractivity contribution in [1.29, 1.82) is 0 Å². The number of anilines is 1. The van der Waals surface area contributed by atoms with Gasteiger partial charge in [-0.05, 0) is 42.8 Å². The third-order valence-corrected chi connectivity index (χ3v) is 5.06. The number of pyridine rings is 1. The van der Waals surface area contributed by atoms with Gasteiger partial charge in [-0.15, -0.1) is 0 Å². The summed E-state index contributed by atoms with van der Waals surface area (Å²) in [7, 11) is -2.14. The zero-order valence-electron chi connectivity index (χ0n) is 12.8. The molecule has 2 aromatic carbocycles. The molecule has 0 aliphatic heterocycles. The highest BCUT2D eigenvalue weighted by Crippen LogP contribution is 2.24. The zero-order valence-corrected chi connectivity index (χ0v) is 13.6. The van der Waals surface area contributed by atoms with Crippen LogP contribution in [0.25, 0.3) is 10.9 Å². The fourth-order valence-corrected chi connectivity index (χ4v) is 3.65. The van der Waals surface area contributed by atoms with Gasteiger partial charge in [-0.2, -0.15) is 0 Å². The number of rotatable bonds is 4. The summed E-state index contributed by atoms with van der Waals surface area (Å²) < 4.78 is 32.8. The number of hydrogen-bond donors (Lipinski definition) is 1. The molecule has 3 rings (SSSR count). The number of sulfonamides is 1. The first-order valence-corrected chi connectivity index (χ1v) is 8.50. The third kappa shape index (κ3) is 3.12. The second-order valence-electron chi connectivity index (χ2n) is 5.15. The van der Waals surface area contributed by atoms with Gasteiger partial charge < -0.3 is 4.74 Å². The third-order valence-electron chi connectivity index (χ3n) is 3.51. The Balaban J connectivity index is 1.96. The summed E-state index contributed by atoms with van der Waals surface area (Å²) in [6.45, 7) is 1.73. The summed E-state index contributed by atoms with van der Waals surface area (Å²) in [5.41, 5.74) is 1.86. The number of hydrogen-bond acceptors (Lipinski definition) is 4. The van der Waals surface area contributed by atoms with Crippen LogP contribution in [0, 0.1) is 6.92 Å². The molecule has 0 radical (unpaired) electrons. The van der Waals surface area contributed by atoms with Gasteiger partial charge in [0.15, 0.2) is 0 Å². The van der Waals surface area contributed by atoms with E-state index in [9.17, 15) is 8.42 Å². The van der Waals surface area contributed by atoms with Crippen LogP contribution in [-0.2, 0) is 10.0 Å². The second kappa shape index (κ2) is 5.89. The lowest BCUT2D eigenvalue weighted by Crippen LogP contribution is -2.14. The average Bonchev–Trinajstić information content (AvgIpc) is 2.54. The maximum Gasteiger partial charge on any atom is 0.262 e. The van der Waals surface area contributed by atoms with Crippen molar-refractivity contribution in [2.24, 2.45) is 0 Å². The molecular weight excluding hydrogens is 312 g/mol. The molecule has 5 nitrogen and oxygen atoms in total. The number of aromatic nitrogens is 1. The maximum absolute atomic E-state index is 12.6. The highest BCUT2D eigenvalue weighted by atomic mass is 32.2. The molecule has 0 aliphatic rings. The lowest BCUT2D eigenvalue weighted by molar-refractivity contribution is 0.414. The summed E-state index contributed by atoms with van der Waals surface area (Å²) in [5, 5.41) is 0.874. The number of para-hydroxylation sites is 1. The van der Waals surface area contributed by atoms with Gasteiger partial charge in [-0.25, -0.2) is 8.42 Å². The average molecular weight is 328 g/mol. The molecule has 0 saturated carbocycles. The van der Waals surface area contributed by atoms with Crippen LogP contribution in [0.3, 0.4) is 0 Å². The topological polar surface area (TPSA) is 68.3 Å². The van der Waals surface area contributed by atoms with Gasteiger partial charge in [0.25, 0.3) is 10.0 Å². The predicted octanol–water partition coefficient (Wildman–Crippen LogP) is 3.35. The summed E-state index contributed by atoms with van der Waals surface area (Å²) in [6.07, 6.45) is 1.51. The minimum absolute atomic E-state index is 0.214. The summed E-state index contributed by atoms with van der Waals surface area (Å²) in [6, 6.07) is 14.1. The number of benzene rings is 2. The molecule has 1 aromatic heterocycles. The zero-order chi connectivity index (χ0) is 16.4. The van der Waals surface area contributed by atoms with Crippen LogP contribution in [0.1, 0.15) is 5.56 Å². The van der Waals surface area contributed by atoms with E-state index in [0.717, 1.165) is 10.9 Å². The van der Waals surface area contributed by atoms with Crippen molar-refractivity contribution in [1.82, 2.24) is 4.98 Å². The van der Waals surface area contributed by atoms with Gasteiger partial charge in [-0.1, -0.05) is 18.2 Å². The number of fused-ring (bicyclic) bond motifs is 1. The standard InChI is InChI=1S/C17H16N2O3S/c1-12-9-15(22-2)7-8-17(12)23(20,21)19-14-10-13-5-3-4-6-16(13)18-11-14/h3-11,19H,1-2H3. The van der Waals surface area contributed by atoms with E-state index in [1.807, 2.05) is 24.3 Å². The van der Waals surface area contributed by atoms with E-state index in [4.69, 9.17) is 4.74 Å². The SMILES string of the molecule is COc1ccc(S(=O)(=O)Nc2cnc3ccccc3c2)c(C)c1. The highest BCUT2D eigenvalue weighted by molar-refractivity contribution is 7.92. The molecule has 3 aromatic rings. The van der Waals surface area contributed by atoms with Gasteiger partial charge in [0, 0.05) is 5.39 Å². The van der Waals surface area contributed by atoms with Crippen molar-refractivity contribution in [2.75, 3.05) is 11.8 Å². The van der Waals surface area contributed by atoms with Gasteiger partial charge in [0.2, 0.25) is 0 Å². The van der Waals surface area contributed by atoms with E-state index >= 15 is 0 Å². The Morgan fingerprint density at radius 1 is 1.09 bits per heavy atom. The van der Waals surface area contributed by atoms with Crippen LogP contribution in [0.15, 0.2) is 59.6 Å². The second-order valence-corrected chi connectivity index (χ2v) is 6.80. The molecule has 1 heterocycles. The number of methoxy groups -OCH3 is 1. The number of aryl methyl sites for hydroxylation is 1. The molecule has 0 bridgehead atoms. The molecule has 6 heteroatoms. The minimum Gasteiger partial charge on any atom is -0.497 e. The summed E-state index contributed by atoms with van der Waals surface area (Å²) >= 11 is 0. The van der Waals surface area contributed by atoms with Crippen LogP contribution in [0.2, 0.25) is 0 Å². The number of nitrogens with one attached hydrogen (secondary N) is 1. The van der Waals surface area contributed by atoms with Crippen molar-refractivity contribution in [2.45, 2.75) is 11.8 Å². The number of ether oxygens (including phenoxy) is 1. The Morgan fingerprint density at radius 3 is 2.61 bits per heavy atom. The molecule has 0 spiro atoms. The Morgan fingerprint density at radius 2 is 1.87 bits per heavy atom. The maximum atomic E-state index is 12.6. The van der Waals surface area contributed by atoms with Gasteiger partial charge in [0.05, 0.1) is 29.4 Å². The smallest absolute Gasteiger partial charge is 0.262 e. The largest absolute Gasteiger partial charge is 0.497 e. The Labute approximate surface area is 135 Å². The van der Waals surface area contributed by atoms with Crippen LogP contribution >= 0.6 is 0 Å². The molecular formula is C17H16N2O3S. The van der Waals surface area contributed by atoms with E-state index in [1.54, 1.807) is 32.2 Å². The first kappa shape index (κ1) is 15.3. The van der Waals surface area contributed by atoms with Crippen LogP contribution in [-0.4, -0.2) is 20.5 Å². The predicted molar refractivity (Wildman–Crippen MR) is 90.3 cm³/mol. The lowest BCUT2D eigenvalue weighted by atomic mass is 10.2. The van der Waals surface area contributed by atoms with E-state index in [2.05, 4.69) is 9.71 Å². The molecule has 23 heavy (non-hydrogen) atoms. The normalized spacial score (nSPS) is 11.4. The van der Waals surface area contributed by atoms with Crippen molar-refractivity contribution in [3.63, 3.8) is 0 Å².